The highest BCUT2D eigenvalue weighted by atomic mass is 31.2. The van der Waals surface area contributed by atoms with Crippen LogP contribution in [0.1, 0.15) is 22.3 Å². The van der Waals surface area contributed by atoms with Crippen molar-refractivity contribution in [2.45, 2.75) is 19.0 Å². The fraction of sp³-hybridized carbons (Fsp3) is 0.500. The number of nitrogens with one attached hydrogen (secondary N) is 1. The molecule has 11 heteroatoms. The first-order valence-electron chi connectivity index (χ1n) is 8.30. The lowest BCUT2D eigenvalue weighted by atomic mass is 10.1. The molecule has 0 spiro atoms. The van der Waals surface area contributed by atoms with Crippen LogP contribution < -0.4 is 11.1 Å². The molecule has 0 fully saturated rings. The molecular formula is C16H27N4O6P. The molecule has 0 heterocycles. The summed E-state index contributed by atoms with van der Waals surface area (Å²) in [4.78, 5) is 33.5. The van der Waals surface area contributed by atoms with Gasteiger partial charge in [-0.1, -0.05) is 12.1 Å². The summed E-state index contributed by atoms with van der Waals surface area (Å²) >= 11 is 0. The number of nitrogens with two attached hydrogens (primary N) is 1. The highest BCUT2D eigenvalue weighted by molar-refractivity contribution is 7.43. The number of rotatable bonds is 12. The van der Waals surface area contributed by atoms with E-state index in [0.29, 0.717) is 25.2 Å². The number of carbonyl (C=O) groups excluding carboxylic acids is 1. The van der Waals surface area contributed by atoms with Crippen LogP contribution in [-0.2, 0) is 15.9 Å². The number of aliphatic carboxylic acids is 1. The maximum atomic E-state index is 12.2. The summed E-state index contributed by atoms with van der Waals surface area (Å²) in [5.41, 5.74) is 6.70. The van der Waals surface area contributed by atoms with Gasteiger partial charge in [0.2, 0.25) is 0 Å². The minimum absolute atomic E-state index is 0.00487. The smallest absolute Gasteiger partial charge is 0.326 e. The molecule has 0 aromatic heterocycles. The van der Waals surface area contributed by atoms with E-state index in [2.05, 4.69) is 5.32 Å². The van der Waals surface area contributed by atoms with Crippen LogP contribution in [0.5, 0.6) is 0 Å². The normalized spacial score (nSPS) is 13.6. The van der Waals surface area contributed by atoms with Crippen LogP contribution in [0, 0.1) is 0 Å². The van der Waals surface area contributed by atoms with Crippen LogP contribution in [0.15, 0.2) is 24.3 Å². The van der Waals surface area contributed by atoms with Crippen LogP contribution in [0.2, 0.25) is 0 Å². The van der Waals surface area contributed by atoms with E-state index in [-0.39, 0.29) is 13.0 Å². The predicted octanol–water partition coefficient (Wildman–Crippen LogP) is 0.207. The maximum absolute atomic E-state index is 12.2. The summed E-state index contributed by atoms with van der Waals surface area (Å²) in [7, 11) is 1.19. The molecular weight excluding hydrogens is 375 g/mol. The van der Waals surface area contributed by atoms with E-state index in [1.807, 2.05) is 0 Å². The summed E-state index contributed by atoms with van der Waals surface area (Å²) in [6, 6.07) is 5.41. The van der Waals surface area contributed by atoms with Gasteiger partial charge in [-0.2, -0.15) is 5.06 Å². The minimum Gasteiger partial charge on any atom is -0.480 e. The third-order valence-corrected chi connectivity index (χ3v) is 4.91. The molecule has 0 saturated heterocycles. The van der Waals surface area contributed by atoms with E-state index < -0.39 is 26.4 Å². The monoisotopic (exact) mass is 402 g/mol. The van der Waals surface area contributed by atoms with Crippen LogP contribution in [-0.4, -0.2) is 76.7 Å². The molecule has 0 aliphatic heterocycles. The lowest BCUT2D eigenvalue weighted by molar-refractivity contribution is -0.139. The van der Waals surface area contributed by atoms with Crippen LogP contribution >= 0.6 is 8.53 Å². The third-order valence-electron chi connectivity index (χ3n) is 3.71. The fourth-order valence-corrected chi connectivity index (χ4v) is 2.74. The Balaban J connectivity index is 2.49. The second-order valence-corrected chi connectivity index (χ2v) is 7.35. The van der Waals surface area contributed by atoms with Crippen LogP contribution in [0.4, 0.5) is 0 Å². The van der Waals surface area contributed by atoms with E-state index >= 15 is 0 Å². The molecule has 0 radical (unpaired) electrons. The maximum Gasteiger partial charge on any atom is 0.326 e. The fourth-order valence-electron chi connectivity index (χ4n) is 2.02. The Morgan fingerprint density at radius 1 is 1.26 bits per heavy atom. The van der Waals surface area contributed by atoms with Crippen molar-refractivity contribution < 1.29 is 29.3 Å². The van der Waals surface area contributed by atoms with Gasteiger partial charge in [-0.25, -0.2) is 9.46 Å². The van der Waals surface area contributed by atoms with Gasteiger partial charge < -0.3 is 30.8 Å². The highest BCUT2D eigenvalue weighted by Crippen LogP contribution is 2.34. The second-order valence-electron chi connectivity index (χ2n) is 5.90. The molecule has 0 saturated carbocycles. The topological polar surface area (TPSA) is 149 Å². The lowest BCUT2D eigenvalue weighted by Gasteiger charge is -2.23. The van der Waals surface area contributed by atoms with Crippen LogP contribution in [0.25, 0.3) is 0 Å². The quantitative estimate of drug-likeness (QED) is 0.244. The van der Waals surface area contributed by atoms with Crippen molar-refractivity contribution >= 4 is 20.4 Å². The summed E-state index contributed by atoms with van der Waals surface area (Å²) < 4.78 is 6.76. The summed E-state index contributed by atoms with van der Waals surface area (Å²) in [6.07, 6.45) is -0.00487. The molecule has 2 unspecified atom stereocenters. The SMILES string of the molecule is CN(O)CCN(C)P(O)OCCC(NC(=O)c1ccc(CN)cc1)C(=O)O. The Morgan fingerprint density at radius 3 is 2.41 bits per heavy atom. The first-order chi connectivity index (χ1) is 12.7. The zero-order chi connectivity index (χ0) is 20.4. The predicted molar refractivity (Wildman–Crippen MR) is 100.0 cm³/mol. The number of carboxylic acid groups (broad SMARTS) is 1. The molecule has 27 heavy (non-hydrogen) atoms. The number of carboxylic acids is 1. The largest absolute Gasteiger partial charge is 0.480 e. The molecule has 152 valence electrons. The van der Waals surface area contributed by atoms with E-state index in [4.69, 9.17) is 15.5 Å². The number of carbonyl (C=O) groups is 2. The molecule has 1 aromatic rings. The number of amides is 1. The number of likely N-dealkylation sites (N-methyl/N-ethyl adjacent to an activating group) is 2. The Bertz CT molecular complexity index is 601. The zero-order valence-corrected chi connectivity index (χ0v) is 16.3. The molecule has 0 aliphatic carbocycles. The molecule has 0 bridgehead atoms. The number of nitrogens with zero attached hydrogens (tertiary/aromatic N) is 2. The Hall–Kier alpha value is -1.65. The van der Waals surface area contributed by atoms with Gasteiger partial charge in [0.25, 0.3) is 14.4 Å². The number of hydrogen-bond donors (Lipinski definition) is 5. The van der Waals surface area contributed by atoms with Crippen molar-refractivity contribution in [2.75, 3.05) is 33.8 Å². The first-order valence-corrected chi connectivity index (χ1v) is 9.46. The van der Waals surface area contributed by atoms with Crippen molar-refractivity contribution in [1.29, 1.82) is 0 Å². The zero-order valence-electron chi connectivity index (χ0n) is 15.4. The van der Waals surface area contributed by atoms with Gasteiger partial charge in [0.05, 0.1) is 6.61 Å². The van der Waals surface area contributed by atoms with Crippen molar-refractivity contribution in [2.24, 2.45) is 5.73 Å². The first kappa shape index (κ1) is 23.4. The summed E-state index contributed by atoms with van der Waals surface area (Å²) in [6.45, 7) is 0.984. The number of hydrogen-bond acceptors (Lipinski definition) is 8. The highest BCUT2D eigenvalue weighted by Gasteiger charge is 2.22. The molecule has 6 N–H and O–H groups in total. The average Bonchev–Trinajstić information content (AvgIpc) is 2.64. The standard InChI is InChI=1S/C16H27N4O6P/c1-19(24)8-9-20(2)27(25)26-10-7-14(16(22)23)18-15(21)13-5-3-12(11-17)4-6-13/h3-6,14,24-25H,7-11,17H2,1-2H3,(H,18,21)(H,22,23). The van der Waals surface area contributed by atoms with E-state index in [9.17, 15) is 19.6 Å². The van der Waals surface area contributed by atoms with Crippen molar-refractivity contribution in [3.8, 4) is 0 Å². The number of hydroxylamine groups is 2. The average molecular weight is 402 g/mol. The van der Waals surface area contributed by atoms with E-state index in [1.54, 1.807) is 31.3 Å². The summed E-state index contributed by atoms with van der Waals surface area (Å²) in [5.74, 6) is -1.71. The van der Waals surface area contributed by atoms with Crippen LogP contribution in [0.3, 0.4) is 0 Å². The Kier molecular flexibility index (Phi) is 10.3. The molecule has 1 amide bonds. The van der Waals surface area contributed by atoms with Gasteiger partial charge in [-0.3, -0.25) is 4.79 Å². The van der Waals surface area contributed by atoms with Gasteiger partial charge in [0, 0.05) is 38.7 Å². The van der Waals surface area contributed by atoms with Gasteiger partial charge >= 0.3 is 5.97 Å². The Labute approximate surface area is 159 Å². The van der Waals surface area contributed by atoms with Gasteiger partial charge in [-0.15, -0.1) is 0 Å². The molecule has 1 aromatic carbocycles. The second kappa shape index (κ2) is 11.9. The van der Waals surface area contributed by atoms with Crippen molar-refractivity contribution in [1.82, 2.24) is 15.1 Å². The number of benzene rings is 1. The van der Waals surface area contributed by atoms with E-state index in [1.165, 1.54) is 11.7 Å². The molecule has 1 rings (SSSR count). The van der Waals surface area contributed by atoms with Gasteiger partial charge in [0.15, 0.2) is 0 Å². The Morgan fingerprint density at radius 2 is 1.89 bits per heavy atom. The third kappa shape index (κ3) is 8.72. The summed E-state index contributed by atoms with van der Waals surface area (Å²) in [5, 5.41) is 21.8. The van der Waals surface area contributed by atoms with E-state index in [0.717, 1.165) is 10.6 Å². The lowest BCUT2D eigenvalue weighted by Crippen LogP contribution is -2.41. The van der Waals surface area contributed by atoms with Gasteiger partial charge in [-0.05, 0) is 24.7 Å². The molecule has 10 nitrogen and oxygen atoms in total. The van der Waals surface area contributed by atoms with Crippen molar-refractivity contribution in [3.63, 3.8) is 0 Å². The molecule has 2 atom stereocenters. The molecule has 0 aliphatic rings. The minimum atomic E-state index is -1.91. The van der Waals surface area contributed by atoms with Crippen molar-refractivity contribution in [3.05, 3.63) is 35.4 Å². The van der Waals surface area contributed by atoms with Gasteiger partial charge in [0.1, 0.15) is 6.04 Å².